The second-order valence-electron chi connectivity index (χ2n) is 6.35. The molecule has 0 atom stereocenters. The van der Waals surface area contributed by atoms with Crippen LogP contribution in [0, 0.1) is 5.82 Å². The van der Waals surface area contributed by atoms with E-state index in [1.54, 1.807) is 12.1 Å². The Balaban J connectivity index is 1.94. The molecule has 0 bridgehead atoms. The van der Waals surface area contributed by atoms with E-state index in [0.29, 0.717) is 19.1 Å². The SMILES string of the molecule is CC(C)(C)OC(=O)CN(Cc1ccc(F)cc1)C1CC1. The minimum absolute atomic E-state index is 0.202. The molecule has 2 rings (SSSR count). The summed E-state index contributed by atoms with van der Waals surface area (Å²) in [5.41, 5.74) is 0.559. The Hall–Kier alpha value is -1.42. The minimum Gasteiger partial charge on any atom is -0.459 e. The molecular formula is C16H22FNO2. The van der Waals surface area contributed by atoms with Crippen molar-refractivity contribution in [1.82, 2.24) is 4.90 Å². The summed E-state index contributed by atoms with van der Waals surface area (Å²) in [7, 11) is 0. The van der Waals surface area contributed by atoms with E-state index >= 15 is 0 Å². The lowest BCUT2D eigenvalue weighted by molar-refractivity contribution is -0.156. The fourth-order valence-electron chi connectivity index (χ4n) is 2.12. The first-order chi connectivity index (χ1) is 9.33. The highest BCUT2D eigenvalue weighted by Crippen LogP contribution is 2.28. The summed E-state index contributed by atoms with van der Waals surface area (Å²) in [6.45, 7) is 6.55. The summed E-state index contributed by atoms with van der Waals surface area (Å²) in [5, 5.41) is 0. The average molecular weight is 279 g/mol. The molecule has 1 aromatic carbocycles. The molecule has 1 aliphatic rings. The van der Waals surface area contributed by atoms with Gasteiger partial charge in [0.15, 0.2) is 0 Å². The van der Waals surface area contributed by atoms with Crippen molar-refractivity contribution in [2.45, 2.75) is 51.8 Å². The molecule has 0 aliphatic heterocycles. The molecule has 1 aliphatic carbocycles. The highest BCUT2D eigenvalue weighted by molar-refractivity contribution is 5.72. The molecule has 0 unspecified atom stereocenters. The van der Waals surface area contributed by atoms with Gasteiger partial charge in [-0.15, -0.1) is 0 Å². The monoisotopic (exact) mass is 279 g/mol. The summed E-state index contributed by atoms with van der Waals surface area (Å²) in [6.07, 6.45) is 2.23. The Labute approximate surface area is 119 Å². The highest BCUT2D eigenvalue weighted by atomic mass is 19.1. The van der Waals surface area contributed by atoms with Crippen LogP contribution in [0.1, 0.15) is 39.2 Å². The van der Waals surface area contributed by atoms with Crippen LogP contribution in [0.25, 0.3) is 0 Å². The first kappa shape index (κ1) is 15.0. The van der Waals surface area contributed by atoms with Gasteiger partial charge in [-0.1, -0.05) is 12.1 Å². The van der Waals surface area contributed by atoms with Gasteiger partial charge in [0.2, 0.25) is 0 Å². The van der Waals surface area contributed by atoms with Gasteiger partial charge in [0.1, 0.15) is 11.4 Å². The maximum Gasteiger partial charge on any atom is 0.320 e. The topological polar surface area (TPSA) is 29.5 Å². The Morgan fingerprint density at radius 3 is 2.40 bits per heavy atom. The number of benzene rings is 1. The summed E-state index contributed by atoms with van der Waals surface area (Å²) < 4.78 is 18.3. The van der Waals surface area contributed by atoms with Gasteiger partial charge in [0, 0.05) is 12.6 Å². The van der Waals surface area contributed by atoms with Gasteiger partial charge in [0.05, 0.1) is 6.54 Å². The zero-order valence-electron chi connectivity index (χ0n) is 12.4. The molecule has 0 N–H and O–H groups in total. The summed E-state index contributed by atoms with van der Waals surface area (Å²) in [5.74, 6) is -0.439. The molecule has 20 heavy (non-hydrogen) atoms. The number of esters is 1. The van der Waals surface area contributed by atoms with Gasteiger partial charge in [-0.2, -0.15) is 0 Å². The number of halogens is 1. The molecule has 0 heterocycles. The predicted molar refractivity (Wildman–Crippen MR) is 75.7 cm³/mol. The van der Waals surface area contributed by atoms with Crippen LogP contribution in [0.5, 0.6) is 0 Å². The van der Waals surface area contributed by atoms with Crippen molar-refractivity contribution in [2.24, 2.45) is 0 Å². The van der Waals surface area contributed by atoms with Crippen LogP contribution in [-0.2, 0) is 16.1 Å². The normalized spacial score (nSPS) is 15.4. The molecule has 0 amide bonds. The van der Waals surface area contributed by atoms with E-state index in [1.165, 1.54) is 12.1 Å². The quantitative estimate of drug-likeness (QED) is 0.776. The number of hydrogen-bond acceptors (Lipinski definition) is 3. The van der Waals surface area contributed by atoms with Crippen molar-refractivity contribution < 1.29 is 13.9 Å². The van der Waals surface area contributed by atoms with Crippen molar-refractivity contribution in [3.05, 3.63) is 35.6 Å². The molecular weight excluding hydrogens is 257 g/mol. The van der Waals surface area contributed by atoms with Crippen LogP contribution in [0.3, 0.4) is 0 Å². The Morgan fingerprint density at radius 2 is 1.90 bits per heavy atom. The molecule has 1 aromatic rings. The number of ether oxygens (including phenoxy) is 1. The maximum absolute atomic E-state index is 12.9. The lowest BCUT2D eigenvalue weighted by Crippen LogP contribution is -2.35. The van der Waals surface area contributed by atoms with Crippen LogP contribution < -0.4 is 0 Å². The molecule has 3 nitrogen and oxygen atoms in total. The van der Waals surface area contributed by atoms with Crippen molar-refractivity contribution >= 4 is 5.97 Å². The standard InChI is InChI=1S/C16H22FNO2/c1-16(2,3)20-15(19)11-18(14-8-9-14)10-12-4-6-13(17)7-5-12/h4-7,14H,8-11H2,1-3H3. The Morgan fingerprint density at radius 1 is 1.30 bits per heavy atom. The highest BCUT2D eigenvalue weighted by Gasteiger charge is 2.31. The number of carbonyl (C=O) groups excluding carboxylic acids is 1. The summed E-state index contributed by atoms with van der Waals surface area (Å²) >= 11 is 0. The Bertz CT molecular complexity index is 460. The molecule has 0 aromatic heterocycles. The van der Waals surface area contributed by atoms with E-state index in [4.69, 9.17) is 4.74 Å². The number of hydrogen-bond donors (Lipinski definition) is 0. The van der Waals surface area contributed by atoms with E-state index in [1.807, 2.05) is 20.8 Å². The molecule has 4 heteroatoms. The third-order valence-electron chi connectivity index (χ3n) is 3.11. The van der Waals surface area contributed by atoms with E-state index in [9.17, 15) is 9.18 Å². The Kier molecular flexibility index (Phi) is 4.43. The zero-order valence-corrected chi connectivity index (χ0v) is 12.4. The minimum atomic E-state index is -0.456. The largest absolute Gasteiger partial charge is 0.459 e. The third kappa shape index (κ3) is 4.93. The summed E-state index contributed by atoms with van der Waals surface area (Å²) in [4.78, 5) is 14.0. The summed E-state index contributed by atoms with van der Waals surface area (Å²) in [6, 6.07) is 6.88. The van der Waals surface area contributed by atoms with Gasteiger partial charge in [-0.3, -0.25) is 9.69 Å². The van der Waals surface area contributed by atoms with E-state index in [-0.39, 0.29) is 11.8 Å². The van der Waals surface area contributed by atoms with Crippen LogP contribution in [0.4, 0.5) is 4.39 Å². The van der Waals surface area contributed by atoms with Crippen LogP contribution >= 0.6 is 0 Å². The van der Waals surface area contributed by atoms with E-state index in [2.05, 4.69) is 4.90 Å². The van der Waals surface area contributed by atoms with Crippen molar-refractivity contribution in [2.75, 3.05) is 6.54 Å². The molecule has 0 spiro atoms. The lowest BCUT2D eigenvalue weighted by atomic mass is 10.2. The second-order valence-corrected chi connectivity index (χ2v) is 6.35. The zero-order chi connectivity index (χ0) is 14.8. The van der Waals surface area contributed by atoms with Gasteiger partial charge < -0.3 is 4.74 Å². The number of nitrogens with zero attached hydrogens (tertiary/aromatic N) is 1. The molecule has 0 radical (unpaired) electrons. The predicted octanol–water partition coefficient (Wildman–Crippen LogP) is 3.13. The van der Waals surface area contributed by atoms with Crippen LogP contribution in [0.15, 0.2) is 24.3 Å². The van der Waals surface area contributed by atoms with Crippen molar-refractivity contribution in [3.63, 3.8) is 0 Å². The average Bonchev–Trinajstić information content (AvgIpc) is 3.12. The van der Waals surface area contributed by atoms with Crippen molar-refractivity contribution in [3.8, 4) is 0 Å². The fraction of sp³-hybridized carbons (Fsp3) is 0.562. The maximum atomic E-state index is 12.9. The van der Waals surface area contributed by atoms with Crippen LogP contribution in [0.2, 0.25) is 0 Å². The van der Waals surface area contributed by atoms with Gasteiger partial charge in [-0.05, 0) is 51.3 Å². The first-order valence-electron chi connectivity index (χ1n) is 7.04. The smallest absolute Gasteiger partial charge is 0.320 e. The second kappa shape index (κ2) is 5.92. The fourth-order valence-corrected chi connectivity index (χ4v) is 2.12. The van der Waals surface area contributed by atoms with Gasteiger partial charge >= 0.3 is 5.97 Å². The third-order valence-corrected chi connectivity index (χ3v) is 3.11. The molecule has 110 valence electrons. The van der Waals surface area contributed by atoms with E-state index < -0.39 is 5.60 Å². The van der Waals surface area contributed by atoms with E-state index in [0.717, 1.165) is 18.4 Å². The molecule has 1 fully saturated rings. The first-order valence-corrected chi connectivity index (χ1v) is 7.04. The number of carbonyl (C=O) groups is 1. The molecule has 1 saturated carbocycles. The van der Waals surface area contributed by atoms with Crippen molar-refractivity contribution in [1.29, 1.82) is 0 Å². The molecule has 0 saturated heterocycles. The van der Waals surface area contributed by atoms with Gasteiger partial charge in [-0.25, -0.2) is 4.39 Å². The van der Waals surface area contributed by atoms with Crippen LogP contribution in [-0.4, -0.2) is 29.1 Å². The number of rotatable bonds is 5. The lowest BCUT2D eigenvalue weighted by Gasteiger charge is -2.25. The van der Waals surface area contributed by atoms with Gasteiger partial charge in [0.25, 0.3) is 0 Å².